The Balaban J connectivity index is 2.38. The molecule has 1 unspecified atom stereocenters. The standard InChI is InChI=1S/C9H6INO/c10-7-2-3-8-6(5-7)1-4-9(12)11-8/h1-6H. The number of amides is 1. The average Bonchev–Trinajstić information content (AvgIpc) is 2.05. The summed E-state index contributed by atoms with van der Waals surface area (Å²) in [5.41, 5.74) is 0.850. The van der Waals surface area contributed by atoms with E-state index < -0.39 is 0 Å². The van der Waals surface area contributed by atoms with Gasteiger partial charge in [0.05, 0.1) is 5.71 Å². The second-order valence-electron chi connectivity index (χ2n) is 2.64. The maximum Gasteiger partial charge on any atom is 0.269 e. The van der Waals surface area contributed by atoms with Crippen LogP contribution in [0.5, 0.6) is 0 Å². The summed E-state index contributed by atoms with van der Waals surface area (Å²) in [5, 5.41) is 0. The van der Waals surface area contributed by atoms with Crippen molar-refractivity contribution in [1.29, 1.82) is 0 Å². The van der Waals surface area contributed by atoms with E-state index in [0.29, 0.717) is 0 Å². The lowest BCUT2D eigenvalue weighted by molar-refractivity contribution is -0.113. The molecular formula is C9H6INO. The van der Waals surface area contributed by atoms with Crippen molar-refractivity contribution in [3.63, 3.8) is 0 Å². The summed E-state index contributed by atoms with van der Waals surface area (Å²) in [6, 6.07) is 0. The Morgan fingerprint density at radius 3 is 3.00 bits per heavy atom. The van der Waals surface area contributed by atoms with Gasteiger partial charge in [0, 0.05) is 15.6 Å². The molecule has 0 spiro atoms. The Labute approximate surface area is 83.9 Å². The van der Waals surface area contributed by atoms with Crippen LogP contribution in [-0.4, -0.2) is 11.6 Å². The number of nitrogens with zero attached hydrogens (tertiary/aromatic N) is 1. The molecule has 2 aliphatic rings. The van der Waals surface area contributed by atoms with E-state index in [1.165, 1.54) is 9.66 Å². The van der Waals surface area contributed by atoms with E-state index in [9.17, 15) is 4.79 Å². The first kappa shape index (κ1) is 7.91. The van der Waals surface area contributed by atoms with E-state index in [-0.39, 0.29) is 11.8 Å². The number of carbonyl (C=O) groups is 1. The fourth-order valence-corrected chi connectivity index (χ4v) is 1.77. The molecule has 0 N–H and O–H groups in total. The molecule has 1 aliphatic carbocycles. The Morgan fingerprint density at radius 1 is 1.33 bits per heavy atom. The number of hydrogen-bond donors (Lipinski definition) is 0. The number of halogens is 1. The Kier molecular flexibility index (Phi) is 1.96. The third kappa shape index (κ3) is 1.41. The van der Waals surface area contributed by atoms with E-state index in [0.717, 1.165) is 5.71 Å². The number of dihydropyridines is 1. The van der Waals surface area contributed by atoms with Crippen LogP contribution in [0, 0.1) is 5.92 Å². The van der Waals surface area contributed by atoms with Gasteiger partial charge in [-0.2, -0.15) is 0 Å². The molecule has 0 aromatic heterocycles. The molecule has 2 rings (SSSR count). The van der Waals surface area contributed by atoms with Crippen molar-refractivity contribution in [2.24, 2.45) is 10.9 Å². The van der Waals surface area contributed by atoms with Crippen LogP contribution in [0.4, 0.5) is 0 Å². The van der Waals surface area contributed by atoms with Crippen LogP contribution in [0.25, 0.3) is 0 Å². The van der Waals surface area contributed by atoms with Gasteiger partial charge in [0.1, 0.15) is 0 Å². The van der Waals surface area contributed by atoms with Crippen LogP contribution in [0.15, 0.2) is 39.0 Å². The van der Waals surface area contributed by atoms with Crippen molar-refractivity contribution in [2.75, 3.05) is 0 Å². The minimum absolute atomic E-state index is 0.156. The summed E-state index contributed by atoms with van der Waals surface area (Å²) in [4.78, 5) is 14.8. The second-order valence-corrected chi connectivity index (χ2v) is 3.89. The van der Waals surface area contributed by atoms with E-state index >= 15 is 0 Å². The molecule has 2 nitrogen and oxygen atoms in total. The summed E-state index contributed by atoms with van der Waals surface area (Å²) in [6.07, 6.45) is 9.35. The zero-order valence-electron chi connectivity index (χ0n) is 6.20. The molecule has 3 heteroatoms. The lowest BCUT2D eigenvalue weighted by Crippen LogP contribution is -2.16. The molecule has 12 heavy (non-hydrogen) atoms. The summed E-state index contributed by atoms with van der Waals surface area (Å²) >= 11 is 2.25. The van der Waals surface area contributed by atoms with Gasteiger partial charge in [-0.05, 0) is 34.7 Å². The minimum atomic E-state index is -0.156. The van der Waals surface area contributed by atoms with E-state index in [1.807, 2.05) is 18.2 Å². The van der Waals surface area contributed by atoms with E-state index in [2.05, 4.69) is 33.7 Å². The summed E-state index contributed by atoms with van der Waals surface area (Å²) in [5.74, 6) is 0.0517. The lowest BCUT2D eigenvalue weighted by atomic mass is 9.96. The van der Waals surface area contributed by atoms with Gasteiger partial charge in [-0.1, -0.05) is 12.2 Å². The van der Waals surface area contributed by atoms with Crippen LogP contribution in [0.3, 0.4) is 0 Å². The predicted molar refractivity (Wildman–Crippen MR) is 56.3 cm³/mol. The van der Waals surface area contributed by atoms with Crippen molar-refractivity contribution in [3.8, 4) is 0 Å². The SMILES string of the molecule is O=C1C=CC2C=C(I)C=CC2=N1. The number of rotatable bonds is 0. The molecular weight excluding hydrogens is 265 g/mol. The predicted octanol–water partition coefficient (Wildman–Crippen LogP) is 2.03. The highest BCUT2D eigenvalue weighted by Gasteiger charge is 2.16. The van der Waals surface area contributed by atoms with Crippen LogP contribution >= 0.6 is 22.6 Å². The van der Waals surface area contributed by atoms with Gasteiger partial charge in [-0.25, -0.2) is 4.99 Å². The van der Waals surface area contributed by atoms with Gasteiger partial charge in [0.15, 0.2) is 0 Å². The highest BCUT2D eigenvalue weighted by molar-refractivity contribution is 14.1. The Hall–Kier alpha value is -0.710. The quantitative estimate of drug-likeness (QED) is 0.620. The van der Waals surface area contributed by atoms with Crippen molar-refractivity contribution in [2.45, 2.75) is 0 Å². The molecule has 0 saturated heterocycles. The minimum Gasteiger partial charge on any atom is -0.267 e. The maximum absolute atomic E-state index is 10.9. The fraction of sp³-hybridized carbons (Fsp3) is 0.111. The Bertz CT molecular complexity index is 350. The van der Waals surface area contributed by atoms with Gasteiger partial charge in [0.2, 0.25) is 0 Å². The molecule has 0 aromatic carbocycles. The third-order valence-corrected chi connectivity index (χ3v) is 2.50. The maximum atomic E-state index is 10.9. The van der Waals surface area contributed by atoms with Crippen molar-refractivity contribution >= 4 is 34.2 Å². The van der Waals surface area contributed by atoms with Gasteiger partial charge in [0.25, 0.3) is 5.91 Å². The van der Waals surface area contributed by atoms with Crippen LogP contribution in [0.1, 0.15) is 0 Å². The molecule has 60 valence electrons. The molecule has 0 aromatic rings. The summed E-state index contributed by atoms with van der Waals surface area (Å²) < 4.78 is 1.19. The van der Waals surface area contributed by atoms with Crippen molar-refractivity contribution in [1.82, 2.24) is 0 Å². The smallest absolute Gasteiger partial charge is 0.267 e. The first-order valence-corrected chi connectivity index (χ1v) is 4.70. The fourth-order valence-electron chi connectivity index (χ4n) is 1.21. The lowest BCUT2D eigenvalue weighted by Gasteiger charge is -2.15. The number of aliphatic imine (C=N–C) groups is 1. The second kappa shape index (κ2) is 2.97. The van der Waals surface area contributed by atoms with E-state index in [4.69, 9.17) is 0 Å². The highest BCUT2D eigenvalue weighted by atomic mass is 127. The number of fused-ring (bicyclic) bond motifs is 1. The van der Waals surface area contributed by atoms with Gasteiger partial charge >= 0.3 is 0 Å². The molecule has 1 aliphatic heterocycles. The van der Waals surface area contributed by atoms with Crippen LogP contribution in [0.2, 0.25) is 0 Å². The molecule has 1 atom stereocenters. The first-order chi connectivity index (χ1) is 5.75. The van der Waals surface area contributed by atoms with Crippen molar-refractivity contribution < 1.29 is 4.79 Å². The highest BCUT2D eigenvalue weighted by Crippen LogP contribution is 2.22. The zero-order chi connectivity index (χ0) is 8.55. The van der Waals surface area contributed by atoms with Crippen LogP contribution in [-0.2, 0) is 4.79 Å². The molecule has 1 amide bonds. The van der Waals surface area contributed by atoms with Gasteiger partial charge in [-0.3, -0.25) is 4.79 Å². The molecule has 0 saturated carbocycles. The van der Waals surface area contributed by atoms with Crippen LogP contribution < -0.4 is 0 Å². The zero-order valence-corrected chi connectivity index (χ0v) is 8.36. The summed E-state index contributed by atoms with van der Waals surface area (Å²) in [7, 11) is 0. The number of carbonyl (C=O) groups excluding carboxylic acids is 1. The number of hydrogen-bond acceptors (Lipinski definition) is 1. The third-order valence-electron chi connectivity index (χ3n) is 1.78. The normalized spacial score (nSPS) is 26.4. The molecule has 0 radical (unpaired) electrons. The largest absolute Gasteiger partial charge is 0.269 e. The van der Waals surface area contributed by atoms with E-state index in [1.54, 1.807) is 0 Å². The molecule has 0 bridgehead atoms. The average molecular weight is 271 g/mol. The summed E-state index contributed by atoms with van der Waals surface area (Å²) in [6.45, 7) is 0. The van der Waals surface area contributed by atoms with Crippen molar-refractivity contribution in [3.05, 3.63) is 34.0 Å². The topological polar surface area (TPSA) is 29.4 Å². The van der Waals surface area contributed by atoms with Gasteiger partial charge in [-0.15, -0.1) is 0 Å². The monoisotopic (exact) mass is 271 g/mol. The molecule has 0 fully saturated rings. The number of allylic oxidation sites excluding steroid dienone is 5. The first-order valence-electron chi connectivity index (χ1n) is 3.62. The Morgan fingerprint density at radius 2 is 2.17 bits per heavy atom. The molecule has 1 heterocycles. The van der Waals surface area contributed by atoms with Gasteiger partial charge < -0.3 is 0 Å².